The van der Waals surface area contributed by atoms with E-state index in [1.165, 1.54) is 4.90 Å². The number of hydrogen-bond acceptors (Lipinski definition) is 5. The Bertz CT molecular complexity index is 637. The van der Waals surface area contributed by atoms with Gasteiger partial charge in [-0.2, -0.15) is 0 Å². The molecule has 0 bridgehead atoms. The van der Waals surface area contributed by atoms with Gasteiger partial charge in [0.15, 0.2) is 0 Å². The van der Waals surface area contributed by atoms with Crippen LogP contribution in [0.3, 0.4) is 0 Å². The highest BCUT2D eigenvalue weighted by Gasteiger charge is 2.62. The summed E-state index contributed by atoms with van der Waals surface area (Å²) < 4.78 is 5.19. The van der Waals surface area contributed by atoms with E-state index in [0.717, 1.165) is 19.3 Å². The molecule has 2 aliphatic heterocycles. The fourth-order valence-corrected chi connectivity index (χ4v) is 3.97. The molecule has 2 N–H and O–H groups in total. The van der Waals surface area contributed by atoms with Crippen LogP contribution >= 0.6 is 0 Å². The van der Waals surface area contributed by atoms with E-state index in [-0.39, 0.29) is 31.5 Å². The lowest BCUT2D eigenvalue weighted by molar-refractivity contribution is -0.149. The zero-order chi connectivity index (χ0) is 19.6. The van der Waals surface area contributed by atoms with Gasteiger partial charge in [-0.3, -0.25) is 4.79 Å². The second kappa shape index (κ2) is 7.88. The Morgan fingerprint density at radius 3 is 2.93 bits per heavy atom. The van der Waals surface area contributed by atoms with E-state index in [9.17, 15) is 19.5 Å². The van der Waals surface area contributed by atoms with Crippen LogP contribution in [0.2, 0.25) is 0 Å². The lowest BCUT2D eigenvalue weighted by Crippen LogP contribution is -2.55. The standard InChI is InChI=1S/C19H29N3O5/c1-3-27-17(25)19-11-13(19)8-6-4-5-7-9-21(2)18(26)22-12-14(23)10-15(22)16(24)20-19/h6,8,13-15,23H,3-5,7,9-12H2,1-2H3,(H,20,24)/t13-,14-,15+,19-/m1/s1. The molecule has 1 aliphatic carbocycles. The van der Waals surface area contributed by atoms with Crippen LogP contribution in [0.4, 0.5) is 4.79 Å². The SMILES string of the molecule is CCOC(=O)[C@@]12C[C@H]1C=CCCCCN(C)C(=O)N1C[C@H](O)C[C@H]1C(=O)N2. The van der Waals surface area contributed by atoms with Crippen molar-refractivity contribution in [3.8, 4) is 0 Å². The molecule has 0 aromatic rings. The minimum Gasteiger partial charge on any atom is -0.464 e. The zero-order valence-electron chi connectivity index (χ0n) is 16.0. The molecule has 150 valence electrons. The van der Waals surface area contributed by atoms with Gasteiger partial charge in [-0.05, 0) is 32.6 Å². The molecule has 0 aromatic heterocycles. The fraction of sp³-hybridized carbons (Fsp3) is 0.737. The van der Waals surface area contributed by atoms with Crippen molar-refractivity contribution < 1.29 is 24.2 Å². The van der Waals surface area contributed by atoms with Crippen LogP contribution in [0.15, 0.2) is 12.2 Å². The van der Waals surface area contributed by atoms with Crippen LogP contribution in [-0.4, -0.2) is 77.2 Å². The van der Waals surface area contributed by atoms with Gasteiger partial charge in [0.1, 0.15) is 11.6 Å². The third kappa shape index (κ3) is 3.95. The number of amides is 3. The first-order valence-corrected chi connectivity index (χ1v) is 9.74. The number of allylic oxidation sites excluding steroid dienone is 1. The zero-order valence-corrected chi connectivity index (χ0v) is 16.0. The summed E-state index contributed by atoms with van der Waals surface area (Å²) >= 11 is 0. The lowest BCUT2D eigenvalue weighted by atomic mass is 10.1. The van der Waals surface area contributed by atoms with Gasteiger partial charge < -0.3 is 25.0 Å². The molecule has 1 saturated carbocycles. The van der Waals surface area contributed by atoms with Gasteiger partial charge in [0.05, 0.1) is 12.7 Å². The summed E-state index contributed by atoms with van der Waals surface area (Å²) in [5.74, 6) is -0.940. The molecule has 3 rings (SSSR count). The molecule has 27 heavy (non-hydrogen) atoms. The number of carbonyl (C=O) groups excluding carboxylic acids is 3. The molecule has 1 saturated heterocycles. The quantitative estimate of drug-likeness (QED) is 0.542. The summed E-state index contributed by atoms with van der Waals surface area (Å²) in [6.07, 6.45) is 6.59. The number of urea groups is 1. The van der Waals surface area contributed by atoms with Crippen LogP contribution in [0.25, 0.3) is 0 Å². The van der Waals surface area contributed by atoms with E-state index >= 15 is 0 Å². The minimum absolute atomic E-state index is 0.0957. The van der Waals surface area contributed by atoms with Crippen molar-refractivity contribution in [2.75, 3.05) is 26.7 Å². The van der Waals surface area contributed by atoms with Crippen molar-refractivity contribution in [1.29, 1.82) is 0 Å². The monoisotopic (exact) mass is 379 g/mol. The van der Waals surface area contributed by atoms with Crippen molar-refractivity contribution in [2.45, 2.75) is 56.7 Å². The molecular formula is C19H29N3O5. The number of ether oxygens (including phenoxy) is 1. The van der Waals surface area contributed by atoms with Crippen molar-refractivity contribution >= 4 is 17.9 Å². The molecule has 8 nitrogen and oxygen atoms in total. The maximum atomic E-state index is 12.9. The molecule has 0 unspecified atom stereocenters. The van der Waals surface area contributed by atoms with E-state index in [2.05, 4.69) is 5.32 Å². The summed E-state index contributed by atoms with van der Waals surface area (Å²) in [4.78, 5) is 41.2. The van der Waals surface area contributed by atoms with Crippen LogP contribution in [-0.2, 0) is 14.3 Å². The summed E-state index contributed by atoms with van der Waals surface area (Å²) in [7, 11) is 1.71. The Labute approximate surface area is 159 Å². The molecule has 2 fully saturated rings. The normalized spacial score (nSPS) is 34.4. The molecule has 2 heterocycles. The number of carbonyl (C=O) groups is 3. The Morgan fingerprint density at radius 1 is 1.41 bits per heavy atom. The number of aliphatic hydroxyl groups is 1. The van der Waals surface area contributed by atoms with Gasteiger partial charge in [-0.25, -0.2) is 9.59 Å². The van der Waals surface area contributed by atoms with Gasteiger partial charge >= 0.3 is 12.0 Å². The lowest BCUT2D eigenvalue weighted by Gasteiger charge is -2.30. The van der Waals surface area contributed by atoms with Gasteiger partial charge in [0, 0.05) is 32.5 Å². The summed E-state index contributed by atoms with van der Waals surface area (Å²) in [6, 6.07) is -1.05. The molecule has 0 aromatic carbocycles. The highest BCUT2D eigenvalue weighted by molar-refractivity contribution is 5.95. The third-order valence-corrected chi connectivity index (χ3v) is 5.64. The van der Waals surface area contributed by atoms with Gasteiger partial charge in [0.25, 0.3) is 0 Å². The van der Waals surface area contributed by atoms with Crippen LogP contribution in [0.1, 0.15) is 39.0 Å². The number of aliphatic hydroxyl groups excluding tert-OH is 1. The molecular weight excluding hydrogens is 350 g/mol. The second-order valence-corrected chi connectivity index (χ2v) is 7.68. The Morgan fingerprint density at radius 2 is 2.19 bits per heavy atom. The Balaban J connectivity index is 1.85. The van der Waals surface area contributed by atoms with Gasteiger partial charge in [-0.15, -0.1) is 0 Å². The van der Waals surface area contributed by atoms with E-state index < -0.39 is 29.6 Å². The summed E-state index contributed by atoms with van der Waals surface area (Å²) in [5, 5.41) is 12.9. The predicted octanol–water partition coefficient (Wildman–Crippen LogP) is 0.652. The molecule has 3 aliphatic rings. The van der Waals surface area contributed by atoms with Crippen molar-refractivity contribution in [3.63, 3.8) is 0 Å². The summed E-state index contributed by atoms with van der Waals surface area (Å²) in [5.41, 5.74) is -1.05. The topological polar surface area (TPSA) is 99.2 Å². The van der Waals surface area contributed by atoms with Gasteiger partial charge in [0.2, 0.25) is 5.91 Å². The second-order valence-electron chi connectivity index (χ2n) is 7.68. The average Bonchev–Trinajstić information content (AvgIpc) is 3.18. The van der Waals surface area contributed by atoms with Crippen LogP contribution < -0.4 is 5.32 Å². The molecule has 0 spiro atoms. The van der Waals surface area contributed by atoms with E-state index in [1.807, 2.05) is 12.2 Å². The van der Waals surface area contributed by atoms with Crippen LogP contribution in [0, 0.1) is 5.92 Å². The van der Waals surface area contributed by atoms with E-state index in [0.29, 0.717) is 13.0 Å². The number of esters is 1. The Kier molecular flexibility index (Phi) is 5.74. The van der Waals surface area contributed by atoms with Crippen molar-refractivity contribution in [2.24, 2.45) is 5.92 Å². The van der Waals surface area contributed by atoms with Crippen molar-refractivity contribution in [1.82, 2.24) is 15.1 Å². The molecule has 4 atom stereocenters. The van der Waals surface area contributed by atoms with Gasteiger partial charge in [-0.1, -0.05) is 12.2 Å². The number of nitrogens with one attached hydrogen (secondary N) is 1. The molecule has 3 amide bonds. The largest absolute Gasteiger partial charge is 0.464 e. The smallest absolute Gasteiger partial charge is 0.332 e. The maximum Gasteiger partial charge on any atom is 0.332 e. The van der Waals surface area contributed by atoms with Crippen LogP contribution in [0.5, 0.6) is 0 Å². The van der Waals surface area contributed by atoms with E-state index in [4.69, 9.17) is 4.74 Å². The molecule has 8 heteroatoms. The highest BCUT2D eigenvalue weighted by Crippen LogP contribution is 2.46. The summed E-state index contributed by atoms with van der Waals surface area (Å²) in [6.45, 7) is 2.70. The van der Waals surface area contributed by atoms with E-state index in [1.54, 1.807) is 18.9 Å². The first-order valence-electron chi connectivity index (χ1n) is 9.74. The Hall–Kier alpha value is -2.09. The number of fused-ring (bicyclic) bond motifs is 2. The first kappa shape index (κ1) is 19.7. The number of hydrogen-bond donors (Lipinski definition) is 2. The fourth-order valence-electron chi connectivity index (χ4n) is 3.97. The third-order valence-electron chi connectivity index (χ3n) is 5.64. The maximum absolute atomic E-state index is 12.9. The number of rotatable bonds is 2. The highest BCUT2D eigenvalue weighted by atomic mass is 16.5. The predicted molar refractivity (Wildman–Crippen MR) is 97.7 cm³/mol. The molecule has 0 radical (unpaired) electrons. The number of nitrogens with zero attached hydrogens (tertiary/aromatic N) is 2. The average molecular weight is 379 g/mol. The van der Waals surface area contributed by atoms with Crippen molar-refractivity contribution in [3.05, 3.63) is 12.2 Å². The first-order chi connectivity index (χ1) is 12.9. The minimum atomic E-state index is -1.05.